The lowest BCUT2D eigenvalue weighted by Crippen LogP contribution is -2.51. The van der Waals surface area contributed by atoms with Crippen LogP contribution in [0.15, 0.2) is 34.8 Å². The molecule has 4 aliphatic heterocycles. The number of rotatable bonds is 4. The van der Waals surface area contributed by atoms with E-state index in [-0.39, 0.29) is 35.9 Å². The standard InChI is InChI=1S/C23H26N2O6/c1-12(7-20(26)29-3)21-14-9-19-23(10-17(24-21)15(14)11-31-19)16-6-5-13(28-2)8-18(16)25(30-4)22(23)27/h5-8,14-15,17,19H,9-11H2,1-4H3/b12-7+/t14-,15+,17+,19-,23+/m1/s1. The van der Waals surface area contributed by atoms with Crippen LogP contribution in [0.4, 0.5) is 5.69 Å². The van der Waals surface area contributed by atoms with Crippen molar-refractivity contribution in [1.82, 2.24) is 0 Å². The first-order valence-corrected chi connectivity index (χ1v) is 10.5. The average molecular weight is 426 g/mol. The fraction of sp³-hybridized carbons (Fsp3) is 0.522. The summed E-state index contributed by atoms with van der Waals surface area (Å²) in [6.07, 6.45) is 2.41. The molecule has 1 amide bonds. The van der Waals surface area contributed by atoms with Crippen molar-refractivity contribution < 1.29 is 28.6 Å². The second kappa shape index (κ2) is 7.17. The zero-order valence-corrected chi connectivity index (χ0v) is 18.1. The van der Waals surface area contributed by atoms with Gasteiger partial charge in [-0.3, -0.25) is 14.6 Å². The van der Waals surface area contributed by atoms with Crippen LogP contribution in [0, 0.1) is 11.8 Å². The van der Waals surface area contributed by atoms with Crippen LogP contribution < -0.4 is 9.80 Å². The minimum absolute atomic E-state index is 0.0656. The van der Waals surface area contributed by atoms with Gasteiger partial charge in [-0.1, -0.05) is 6.07 Å². The van der Waals surface area contributed by atoms with Crippen LogP contribution in [0.3, 0.4) is 0 Å². The number of ether oxygens (including phenoxy) is 3. The number of allylic oxidation sites excluding steroid dienone is 1. The van der Waals surface area contributed by atoms with Gasteiger partial charge in [0.25, 0.3) is 5.91 Å². The molecule has 5 atom stereocenters. The summed E-state index contributed by atoms with van der Waals surface area (Å²) in [6, 6.07) is 5.59. The van der Waals surface area contributed by atoms with Crippen LogP contribution >= 0.6 is 0 Å². The SMILES string of the molecule is COC(=O)/C=C(\C)C1=N[C@H]2C[C@@]3(C(=O)N(OC)c4cc(OC)ccc43)[C@H]3C[C@@H]1[C@@H]2CO3. The molecule has 4 heterocycles. The number of methoxy groups -OCH3 is 2. The second-order valence-corrected chi connectivity index (χ2v) is 8.60. The minimum Gasteiger partial charge on any atom is -0.497 e. The van der Waals surface area contributed by atoms with Gasteiger partial charge < -0.3 is 14.2 Å². The first-order chi connectivity index (χ1) is 14.9. The highest BCUT2D eigenvalue weighted by Gasteiger charge is 2.64. The number of esters is 1. The van der Waals surface area contributed by atoms with E-state index in [0.717, 1.165) is 16.8 Å². The summed E-state index contributed by atoms with van der Waals surface area (Å²) in [5.41, 5.74) is 2.51. The zero-order valence-electron chi connectivity index (χ0n) is 18.1. The number of hydroxylamine groups is 1. The largest absolute Gasteiger partial charge is 0.497 e. The Morgan fingerprint density at radius 1 is 1.32 bits per heavy atom. The summed E-state index contributed by atoms with van der Waals surface area (Å²) < 4.78 is 16.5. The predicted octanol–water partition coefficient (Wildman–Crippen LogP) is 2.21. The lowest BCUT2D eigenvalue weighted by molar-refractivity contribution is -0.137. The molecule has 0 N–H and O–H groups in total. The summed E-state index contributed by atoms with van der Waals surface area (Å²) >= 11 is 0. The fourth-order valence-electron chi connectivity index (χ4n) is 5.87. The number of hydrogen-bond acceptors (Lipinski definition) is 7. The molecular formula is C23H26N2O6. The number of aliphatic imine (C=N–C) groups is 1. The Bertz CT molecular complexity index is 1020. The highest BCUT2D eigenvalue weighted by molar-refractivity contribution is 6.09. The first-order valence-electron chi connectivity index (χ1n) is 10.5. The molecule has 1 saturated carbocycles. The summed E-state index contributed by atoms with van der Waals surface area (Å²) in [5.74, 6) is 0.500. The molecule has 0 radical (unpaired) electrons. The van der Waals surface area contributed by atoms with E-state index < -0.39 is 5.41 Å². The number of fused-ring (bicyclic) bond motifs is 2. The molecule has 5 aliphatic rings. The van der Waals surface area contributed by atoms with Gasteiger partial charge in [-0.2, -0.15) is 5.06 Å². The molecule has 0 aromatic heterocycles. The van der Waals surface area contributed by atoms with E-state index in [2.05, 4.69) is 0 Å². The predicted molar refractivity (Wildman–Crippen MR) is 112 cm³/mol. The van der Waals surface area contributed by atoms with Gasteiger partial charge in [-0.15, -0.1) is 0 Å². The smallest absolute Gasteiger partial charge is 0.330 e. The van der Waals surface area contributed by atoms with E-state index in [9.17, 15) is 9.59 Å². The van der Waals surface area contributed by atoms with E-state index in [4.69, 9.17) is 24.0 Å². The van der Waals surface area contributed by atoms with Gasteiger partial charge >= 0.3 is 5.97 Å². The Hall–Kier alpha value is -2.71. The molecule has 1 aliphatic carbocycles. The van der Waals surface area contributed by atoms with E-state index in [1.54, 1.807) is 7.11 Å². The second-order valence-electron chi connectivity index (χ2n) is 8.60. The van der Waals surface area contributed by atoms with Crippen molar-refractivity contribution in [2.24, 2.45) is 16.8 Å². The maximum absolute atomic E-state index is 13.7. The molecule has 6 rings (SSSR count). The monoisotopic (exact) mass is 426 g/mol. The highest BCUT2D eigenvalue weighted by Crippen LogP contribution is 2.57. The fourth-order valence-corrected chi connectivity index (χ4v) is 5.87. The number of amides is 1. The summed E-state index contributed by atoms with van der Waals surface area (Å²) in [4.78, 5) is 36.0. The molecule has 4 bridgehead atoms. The van der Waals surface area contributed by atoms with Crippen molar-refractivity contribution >= 4 is 23.3 Å². The van der Waals surface area contributed by atoms with Gasteiger partial charge in [-0.05, 0) is 37.0 Å². The topological polar surface area (TPSA) is 86.7 Å². The zero-order chi connectivity index (χ0) is 21.9. The molecule has 2 saturated heterocycles. The number of benzene rings is 1. The molecular weight excluding hydrogens is 400 g/mol. The first kappa shape index (κ1) is 20.2. The van der Waals surface area contributed by atoms with Crippen LogP contribution in [-0.4, -0.2) is 57.7 Å². The summed E-state index contributed by atoms with van der Waals surface area (Å²) in [7, 11) is 4.46. The number of nitrogens with zero attached hydrogens (tertiary/aromatic N) is 2. The van der Waals surface area contributed by atoms with Crippen molar-refractivity contribution in [3.05, 3.63) is 35.4 Å². The van der Waals surface area contributed by atoms with E-state index in [1.807, 2.05) is 25.1 Å². The number of anilines is 1. The van der Waals surface area contributed by atoms with Gasteiger partial charge in [0, 0.05) is 29.7 Å². The van der Waals surface area contributed by atoms with Crippen LogP contribution in [-0.2, 0) is 29.3 Å². The average Bonchev–Trinajstić information content (AvgIpc) is 3.14. The lowest BCUT2D eigenvalue weighted by Gasteiger charge is -2.38. The summed E-state index contributed by atoms with van der Waals surface area (Å²) in [5, 5.41) is 1.36. The maximum Gasteiger partial charge on any atom is 0.330 e. The Morgan fingerprint density at radius 3 is 2.84 bits per heavy atom. The van der Waals surface area contributed by atoms with Gasteiger partial charge in [-0.25, -0.2) is 4.79 Å². The molecule has 1 aromatic rings. The molecule has 1 aromatic carbocycles. The van der Waals surface area contributed by atoms with Crippen LogP contribution in [0.25, 0.3) is 0 Å². The number of carbonyl (C=O) groups excluding carboxylic acids is 2. The normalized spacial score (nSPS) is 33.4. The molecule has 8 heteroatoms. The minimum atomic E-state index is -0.846. The van der Waals surface area contributed by atoms with Gasteiger partial charge in [0.05, 0.1) is 45.8 Å². The Labute approximate surface area is 180 Å². The van der Waals surface area contributed by atoms with E-state index in [0.29, 0.717) is 30.9 Å². The van der Waals surface area contributed by atoms with Gasteiger partial charge in [0.2, 0.25) is 0 Å². The molecule has 164 valence electrons. The van der Waals surface area contributed by atoms with Crippen LogP contribution in [0.2, 0.25) is 0 Å². The lowest BCUT2D eigenvalue weighted by atomic mass is 9.71. The Balaban J connectivity index is 1.60. The van der Waals surface area contributed by atoms with Crippen molar-refractivity contribution in [3.8, 4) is 5.75 Å². The van der Waals surface area contributed by atoms with Crippen molar-refractivity contribution in [1.29, 1.82) is 0 Å². The van der Waals surface area contributed by atoms with Crippen LogP contribution in [0.1, 0.15) is 25.3 Å². The summed E-state index contributed by atoms with van der Waals surface area (Å²) in [6.45, 7) is 2.44. The highest BCUT2D eigenvalue weighted by atomic mass is 16.7. The van der Waals surface area contributed by atoms with E-state index >= 15 is 0 Å². The van der Waals surface area contributed by atoms with Crippen molar-refractivity contribution in [2.45, 2.75) is 37.3 Å². The molecule has 0 unspecified atom stereocenters. The molecule has 31 heavy (non-hydrogen) atoms. The van der Waals surface area contributed by atoms with E-state index in [1.165, 1.54) is 25.4 Å². The third kappa shape index (κ3) is 2.71. The van der Waals surface area contributed by atoms with Gasteiger partial charge in [0.1, 0.15) is 11.2 Å². The molecule has 1 spiro atoms. The third-order valence-electron chi connectivity index (χ3n) is 7.30. The number of hydrogen-bond donors (Lipinski definition) is 0. The Morgan fingerprint density at radius 2 is 2.13 bits per heavy atom. The third-order valence-corrected chi connectivity index (χ3v) is 7.30. The maximum atomic E-state index is 13.7. The Kier molecular flexibility index (Phi) is 4.67. The number of carbonyl (C=O) groups is 2. The van der Waals surface area contributed by atoms with Gasteiger partial charge in [0.15, 0.2) is 0 Å². The molecule has 8 nitrogen and oxygen atoms in total. The van der Waals surface area contributed by atoms with Crippen LogP contribution in [0.5, 0.6) is 5.75 Å². The van der Waals surface area contributed by atoms with Crippen molar-refractivity contribution in [3.63, 3.8) is 0 Å². The van der Waals surface area contributed by atoms with Crippen molar-refractivity contribution in [2.75, 3.05) is 33.0 Å². The molecule has 3 fully saturated rings. The quantitative estimate of drug-likeness (QED) is 0.542.